The van der Waals surface area contributed by atoms with Crippen LogP contribution in [0.1, 0.15) is 42.5 Å². The first-order valence-electron chi connectivity index (χ1n) is 7.80. The SMILES string of the molecule is CC(CCc1ccccc1)NC1CCc2cc(Cl)ccc21. The molecule has 0 aliphatic heterocycles. The Kier molecular flexibility index (Phi) is 4.62. The van der Waals surface area contributed by atoms with Crippen molar-refractivity contribution in [3.05, 3.63) is 70.2 Å². The number of rotatable bonds is 5. The molecule has 0 radical (unpaired) electrons. The maximum Gasteiger partial charge on any atom is 0.0408 e. The molecule has 2 unspecified atom stereocenters. The Morgan fingerprint density at radius 3 is 2.81 bits per heavy atom. The van der Waals surface area contributed by atoms with Crippen LogP contribution in [0.5, 0.6) is 0 Å². The largest absolute Gasteiger partial charge is 0.307 e. The molecule has 0 amide bonds. The Balaban J connectivity index is 1.56. The smallest absolute Gasteiger partial charge is 0.0408 e. The van der Waals surface area contributed by atoms with Crippen LogP contribution < -0.4 is 5.32 Å². The third-order valence-corrected chi connectivity index (χ3v) is 4.61. The number of nitrogens with one attached hydrogen (secondary N) is 1. The standard InChI is InChI=1S/C19H22ClN/c1-14(7-8-15-5-3-2-4-6-15)21-19-12-9-16-13-17(20)10-11-18(16)19/h2-6,10-11,13-14,19,21H,7-9,12H2,1H3. The second kappa shape index (κ2) is 6.64. The normalized spacial score (nSPS) is 18.5. The summed E-state index contributed by atoms with van der Waals surface area (Å²) >= 11 is 6.07. The van der Waals surface area contributed by atoms with Gasteiger partial charge in [0.2, 0.25) is 0 Å². The van der Waals surface area contributed by atoms with Crippen molar-refractivity contribution in [1.82, 2.24) is 5.32 Å². The molecule has 1 aliphatic rings. The third-order valence-electron chi connectivity index (χ3n) is 4.38. The minimum absolute atomic E-state index is 0.489. The lowest BCUT2D eigenvalue weighted by molar-refractivity contribution is 0.434. The van der Waals surface area contributed by atoms with Gasteiger partial charge in [0.05, 0.1) is 0 Å². The molecule has 0 saturated carbocycles. The van der Waals surface area contributed by atoms with Crippen molar-refractivity contribution < 1.29 is 0 Å². The van der Waals surface area contributed by atoms with Crippen LogP contribution in [-0.4, -0.2) is 6.04 Å². The number of benzene rings is 2. The van der Waals surface area contributed by atoms with Crippen molar-refractivity contribution in [2.24, 2.45) is 0 Å². The highest BCUT2D eigenvalue weighted by molar-refractivity contribution is 6.30. The first-order chi connectivity index (χ1) is 10.2. The van der Waals surface area contributed by atoms with Crippen LogP contribution in [0.3, 0.4) is 0 Å². The lowest BCUT2D eigenvalue weighted by Gasteiger charge is -2.20. The van der Waals surface area contributed by atoms with Gasteiger partial charge in [-0.2, -0.15) is 0 Å². The molecular formula is C19H22ClN. The lowest BCUT2D eigenvalue weighted by atomic mass is 10.0. The first kappa shape index (κ1) is 14.6. The molecule has 0 fully saturated rings. The molecule has 2 aromatic carbocycles. The maximum atomic E-state index is 6.07. The summed E-state index contributed by atoms with van der Waals surface area (Å²) in [7, 11) is 0. The third kappa shape index (κ3) is 3.66. The summed E-state index contributed by atoms with van der Waals surface area (Å²) < 4.78 is 0. The molecule has 1 N–H and O–H groups in total. The Bertz CT molecular complexity index is 594. The molecule has 2 atom stereocenters. The van der Waals surface area contributed by atoms with Gasteiger partial charge in [0.15, 0.2) is 0 Å². The van der Waals surface area contributed by atoms with E-state index >= 15 is 0 Å². The predicted octanol–water partition coefficient (Wildman–Crippen LogP) is 4.94. The van der Waals surface area contributed by atoms with E-state index in [4.69, 9.17) is 11.6 Å². The Hall–Kier alpha value is -1.31. The molecule has 0 spiro atoms. The van der Waals surface area contributed by atoms with Crippen molar-refractivity contribution in [2.45, 2.75) is 44.7 Å². The quantitative estimate of drug-likeness (QED) is 0.824. The highest BCUT2D eigenvalue weighted by Crippen LogP contribution is 2.33. The topological polar surface area (TPSA) is 12.0 Å². The van der Waals surface area contributed by atoms with Gasteiger partial charge in [-0.15, -0.1) is 0 Å². The number of halogens is 1. The van der Waals surface area contributed by atoms with Gasteiger partial charge >= 0.3 is 0 Å². The number of hydrogen-bond donors (Lipinski definition) is 1. The van der Waals surface area contributed by atoms with Crippen molar-refractivity contribution in [3.63, 3.8) is 0 Å². The number of fused-ring (bicyclic) bond motifs is 1. The monoisotopic (exact) mass is 299 g/mol. The fraction of sp³-hybridized carbons (Fsp3) is 0.368. The highest BCUT2D eigenvalue weighted by atomic mass is 35.5. The van der Waals surface area contributed by atoms with E-state index in [0.717, 1.165) is 17.9 Å². The summed E-state index contributed by atoms with van der Waals surface area (Å²) in [6, 6.07) is 18.0. The van der Waals surface area contributed by atoms with Crippen LogP contribution >= 0.6 is 11.6 Å². The Morgan fingerprint density at radius 2 is 2.00 bits per heavy atom. The average molecular weight is 300 g/mol. The molecule has 1 nitrogen and oxygen atoms in total. The highest BCUT2D eigenvalue weighted by Gasteiger charge is 2.23. The van der Waals surface area contributed by atoms with Crippen LogP contribution in [0, 0.1) is 0 Å². The zero-order chi connectivity index (χ0) is 14.7. The average Bonchev–Trinajstić information content (AvgIpc) is 2.88. The molecule has 0 heterocycles. The van der Waals surface area contributed by atoms with Gasteiger partial charge in [0, 0.05) is 17.1 Å². The molecule has 21 heavy (non-hydrogen) atoms. The zero-order valence-electron chi connectivity index (χ0n) is 12.5. The fourth-order valence-corrected chi connectivity index (χ4v) is 3.41. The van der Waals surface area contributed by atoms with Gasteiger partial charge < -0.3 is 5.32 Å². The maximum absolute atomic E-state index is 6.07. The van der Waals surface area contributed by atoms with Crippen molar-refractivity contribution in [1.29, 1.82) is 0 Å². The summed E-state index contributed by atoms with van der Waals surface area (Å²) in [5.74, 6) is 0. The first-order valence-corrected chi connectivity index (χ1v) is 8.18. The summed E-state index contributed by atoms with van der Waals surface area (Å²) in [5, 5.41) is 4.63. The Morgan fingerprint density at radius 1 is 1.19 bits per heavy atom. The molecule has 1 aliphatic carbocycles. The van der Waals surface area contributed by atoms with Gasteiger partial charge in [0.25, 0.3) is 0 Å². The second-order valence-corrected chi connectivity index (χ2v) is 6.46. The van der Waals surface area contributed by atoms with Crippen LogP contribution in [0.15, 0.2) is 48.5 Å². The summed E-state index contributed by atoms with van der Waals surface area (Å²) in [4.78, 5) is 0. The predicted molar refractivity (Wildman–Crippen MR) is 89.9 cm³/mol. The minimum Gasteiger partial charge on any atom is -0.307 e. The van der Waals surface area contributed by atoms with E-state index in [-0.39, 0.29) is 0 Å². The van der Waals surface area contributed by atoms with E-state index in [0.29, 0.717) is 12.1 Å². The van der Waals surface area contributed by atoms with Crippen LogP contribution in [0.4, 0.5) is 0 Å². The fourth-order valence-electron chi connectivity index (χ4n) is 3.21. The van der Waals surface area contributed by atoms with E-state index in [2.05, 4.69) is 54.7 Å². The Labute approximate surface area is 132 Å². The number of hydrogen-bond acceptors (Lipinski definition) is 1. The van der Waals surface area contributed by atoms with Gasteiger partial charge in [-0.3, -0.25) is 0 Å². The molecule has 0 bridgehead atoms. The summed E-state index contributed by atoms with van der Waals surface area (Å²) in [5.41, 5.74) is 4.27. The number of aryl methyl sites for hydroxylation is 2. The summed E-state index contributed by atoms with van der Waals surface area (Å²) in [6.07, 6.45) is 4.63. The van der Waals surface area contributed by atoms with Gasteiger partial charge in [-0.05, 0) is 61.4 Å². The van der Waals surface area contributed by atoms with Crippen molar-refractivity contribution in [3.8, 4) is 0 Å². The molecule has 110 valence electrons. The van der Waals surface area contributed by atoms with Crippen molar-refractivity contribution >= 4 is 11.6 Å². The molecule has 0 saturated heterocycles. The van der Waals surface area contributed by atoms with Crippen LogP contribution in [-0.2, 0) is 12.8 Å². The van der Waals surface area contributed by atoms with Crippen LogP contribution in [0.2, 0.25) is 5.02 Å². The molecule has 0 aromatic heterocycles. The van der Waals surface area contributed by atoms with E-state index in [1.807, 2.05) is 6.07 Å². The van der Waals surface area contributed by atoms with E-state index in [9.17, 15) is 0 Å². The van der Waals surface area contributed by atoms with Gasteiger partial charge in [0.1, 0.15) is 0 Å². The summed E-state index contributed by atoms with van der Waals surface area (Å²) in [6.45, 7) is 2.29. The van der Waals surface area contributed by atoms with Gasteiger partial charge in [-0.25, -0.2) is 0 Å². The molecule has 3 rings (SSSR count). The molecule has 2 heteroatoms. The van der Waals surface area contributed by atoms with E-state index in [1.54, 1.807) is 0 Å². The molecular weight excluding hydrogens is 278 g/mol. The lowest BCUT2D eigenvalue weighted by Crippen LogP contribution is -2.29. The van der Waals surface area contributed by atoms with Crippen LogP contribution in [0.25, 0.3) is 0 Å². The van der Waals surface area contributed by atoms with E-state index in [1.165, 1.54) is 29.5 Å². The van der Waals surface area contributed by atoms with Crippen molar-refractivity contribution in [2.75, 3.05) is 0 Å². The minimum atomic E-state index is 0.489. The van der Waals surface area contributed by atoms with Gasteiger partial charge in [-0.1, -0.05) is 48.0 Å². The zero-order valence-corrected chi connectivity index (χ0v) is 13.2. The second-order valence-electron chi connectivity index (χ2n) is 6.03. The van der Waals surface area contributed by atoms with E-state index < -0.39 is 0 Å². The molecule has 2 aromatic rings.